The molecule has 8 nitrogen and oxygen atoms in total. The van der Waals surface area contributed by atoms with Gasteiger partial charge < -0.3 is 14.6 Å². The fraction of sp³-hybridized carbons (Fsp3) is 0.242. The quantitative estimate of drug-likeness (QED) is 0.216. The van der Waals surface area contributed by atoms with Gasteiger partial charge in [0.15, 0.2) is 11.6 Å². The van der Waals surface area contributed by atoms with Gasteiger partial charge in [-0.2, -0.15) is 0 Å². The van der Waals surface area contributed by atoms with Crippen LogP contribution in [0.4, 0.5) is 8.78 Å². The molecule has 1 unspecified atom stereocenters. The number of aryl methyl sites for hydroxylation is 3. The van der Waals surface area contributed by atoms with Gasteiger partial charge in [-0.25, -0.2) is 8.78 Å². The lowest BCUT2D eigenvalue weighted by molar-refractivity contribution is 0.0776. The fourth-order valence-corrected chi connectivity index (χ4v) is 7.01. The number of rotatable bonds is 8. The summed E-state index contributed by atoms with van der Waals surface area (Å²) in [5.74, 6) is -1.72. The maximum absolute atomic E-state index is 13.9. The summed E-state index contributed by atoms with van der Waals surface area (Å²) in [4.78, 5) is 35.2. The lowest BCUT2D eigenvalue weighted by Crippen LogP contribution is -2.23. The Morgan fingerprint density at radius 2 is 1.84 bits per heavy atom. The molecular weight excluding hydrogens is 584 g/mol. The van der Waals surface area contributed by atoms with Crippen LogP contribution in [0.3, 0.4) is 0 Å². The van der Waals surface area contributed by atoms with Crippen molar-refractivity contribution in [1.82, 2.24) is 25.4 Å². The molecule has 44 heavy (non-hydrogen) atoms. The third-order valence-electron chi connectivity index (χ3n) is 8.09. The number of pyridine rings is 1. The van der Waals surface area contributed by atoms with Gasteiger partial charge in [0.2, 0.25) is 11.8 Å². The Hall–Kier alpha value is -4.77. The van der Waals surface area contributed by atoms with Gasteiger partial charge in [0.1, 0.15) is 0 Å². The minimum Gasteiger partial charge on any atom is -0.421 e. The van der Waals surface area contributed by atoms with Crippen LogP contribution in [0.2, 0.25) is 0 Å². The molecular formula is C33H27F2N5O3S. The minimum atomic E-state index is -0.973. The molecule has 1 fully saturated rings. The molecule has 11 heteroatoms. The topological polar surface area (TPSA) is 101 Å². The Morgan fingerprint density at radius 1 is 1.00 bits per heavy atom. The van der Waals surface area contributed by atoms with Crippen LogP contribution < -0.4 is 5.32 Å². The summed E-state index contributed by atoms with van der Waals surface area (Å²) in [5, 5.41) is 11.2. The maximum atomic E-state index is 13.9. The molecule has 5 aromatic rings. The highest BCUT2D eigenvalue weighted by atomic mass is 32.1. The smallest absolute Gasteiger partial charge is 0.261 e. The van der Waals surface area contributed by atoms with E-state index in [2.05, 4.69) is 27.6 Å². The Bertz CT molecular complexity index is 1900. The van der Waals surface area contributed by atoms with E-state index in [1.807, 2.05) is 29.2 Å². The first-order valence-corrected chi connectivity index (χ1v) is 15.2. The molecule has 222 valence electrons. The lowest BCUT2D eigenvalue weighted by Gasteiger charge is -2.16. The number of benzene rings is 2. The van der Waals surface area contributed by atoms with Gasteiger partial charge in [0.25, 0.3) is 11.8 Å². The second-order valence-electron chi connectivity index (χ2n) is 10.9. The average Bonchev–Trinajstić information content (AvgIpc) is 3.84. The Labute approximate surface area is 255 Å². The van der Waals surface area contributed by atoms with Crippen molar-refractivity contribution in [2.24, 2.45) is 0 Å². The third-order valence-corrected chi connectivity index (χ3v) is 9.19. The minimum absolute atomic E-state index is 0.0270. The van der Waals surface area contributed by atoms with Gasteiger partial charge in [-0.05, 0) is 61.1 Å². The molecule has 0 bridgehead atoms. The van der Waals surface area contributed by atoms with Crippen molar-refractivity contribution in [3.63, 3.8) is 0 Å². The number of carbonyl (C=O) groups is 2. The molecule has 2 aromatic carbocycles. The number of aromatic nitrogens is 3. The van der Waals surface area contributed by atoms with E-state index < -0.39 is 11.6 Å². The summed E-state index contributed by atoms with van der Waals surface area (Å²) in [6, 6.07) is 17.0. The molecule has 2 aliphatic heterocycles. The second kappa shape index (κ2) is 11.4. The van der Waals surface area contributed by atoms with Crippen LogP contribution in [0.15, 0.2) is 65.1 Å². The lowest BCUT2D eigenvalue weighted by atomic mass is 9.93. The van der Waals surface area contributed by atoms with Gasteiger partial charge in [-0.1, -0.05) is 36.4 Å². The molecule has 0 radical (unpaired) electrons. The number of amides is 2. The average molecular weight is 612 g/mol. The van der Waals surface area contributed by atoms with Crippen molar-refractivity contribution in [1.29, 1.82) is 0 Å². The summed E-state index contributed by atoms with van der Waals surface area (Å²) in [6.07, 6.45) is 3.05. The largest absolute Gasteiger partial charge is 0.421 e. The summed E-state index contributed by atoms with van der Waals surface area (Å²) < 4.78 is 33.0. The molecule has 3 aromatic heterocycles. The molecule has 2 aliphatic rings. The monoisotopic (exact) mass is 611 g/mol. The molecule has 5 heterocycles. The normalized spacial score (nSPS) is 15.5. The summed E-state index contributed by atoms with van der Waals surface area (Å²) in [6.45, 7) is 2.40. The van der Waals surface area contributed by atoms with Crippen LogP contribution >= 0.6 is 11.3 Å². The first-order valence-electron chi connectivity index (χ1n) is 14.4. The van der Waals surface area contributed by atoms with E-state index in [0.29, 0.717) is 50.9 Å². The van der Waals surface area contributed by atoms with Crippen LogP contribution in [0.1, 0.15) is 67.3 Å². The van der Waals surface area contributed by atoms with E-state index in [0.717, 1.165) is 48.3 Å². The van der Waals surface area contributed by atoms with Gasteiger partial charge >= 0.3 is 0 Å². The first-order chi connectivity index (χ1) is 21.4. The molecule has 1 saturated heterocycles. The zero-order chi connectivity index (χ0) is 30.4. The van der Waals surface area contributed by atoms with E-state index in [4.69, 9.17) is 9.40 Å². The molecule has 0 spiro atoms. The van der Waals surface area contributed by atoms with Crippen LogP contribution in [0, 0.1) is 18.6 Å². The van der Waals surface area contributed by atoms with Crippen LogP contribution in [-0.4, -0.2) is 38.4 Å². The molecule has 0 saturated carbocycles. The zero-order valence-corrected chi connectivity index (χ0v) is 24.6. The SMILES string of the molecule is Cc1nnc(-c2c(CCc3ccccc3)nc3c(c2-c2ccc(C(=O)NCc4ccc(F)c(F)c4)s2)C(=O)N2CCCC32)o1. The number of hydrogen-bond donors (Lipinski definition) is 1. The zero-order valence-electron chi connectivity index (χ0n) is 23.8. The van der Waals surface area contributed by atoms with Gasteiger partial charge in [-0.3, -0.25) is 14.6 Å². The maximum Gasteiger partial charge on any atom is 0.261 e. The van der Waals surface area contributed by atoms with Crippen molar-refractivity contribution >= 4 is 23.2 Å². The Kier molecular flexibility index (Phi) is 7.25. The summed E-state index contributed by atoms with van der Waals surface area (Å²) >= 11 is 1.24. The van der Waals surface area contributed by atoms with Crippen molar-refractivity contribution in [2.75, 3.05) is 6.54 Å². The van der Waals surface area contributed by atoms with Crippen molar-refractivity contribution in [2.45, 2.75) is 45.2 Å². The van der Waals surface area contributed by atoms with E-state index >= 15 is 0 Å². The molecule has 7 rings (SSSR count). The number of nitrogens with one attached hydrogen (secondary N) is 1. The van der Waals surface area contributed by atoms with E-state index in [1.165, 1.54) is 17.4 Å². The number of nitrogens with zero attached hydrogens (tertiary/aromatic N) is 4. The van der Waals surface area contributed by atoms with Crippen molar-refractivity contribution < 1.29 is 22.8 Å². The van der Waals surface area contributed by atoms with Gasteiger partial charge in [-0.15, -0.1) is 21.5 Å². The van der Waals surface area contributed by atoms with Crippen LogP contribution in [0.5, 0.6) is 0 Å². The fourth-order valence-electron chi connectivity index (χ4n) is 6.03. The Balaban J connectivity index is 1.31. The van der Waals surface area contributed by atoms with Crippen LogP contribution in [0.25, 0.3) is 21.9 Å². The number of thiophene rings is 1. The molecule has 2 amide bonds. The number of hydrogen-bond acceptors (Lipinski definition) is 7. The van der Waals surface area contributed by atoms with Gasteiger partial charge in [0.05, 0.1) is 33.4 Å². The first kappa shape index (κ1) is 28.0. The number of halogens is 2. The van der Waals surface area contributed by atoms with Crippen molar-refractivity contribution in [3.8, 4) is 21.9 Å². The highest BCUT2D eigenvalue weighted by Crippen LogP contribution is 2.49. The summed E-state index contributed by atoms with van der Waals surface area (Å²) in [7, 11) is 0. The van der Waals surface area contributed by atoms with Crippen LogP contribution in [-0.2, 0) is 19.4 Å². The predicted octanol–water partition coefficient (Wildman–Crippen LogP) is 6.45. The second-order valence-corrected chi connectivity index (χ2v) is 12.0. The predicted molar refractivity (Wildman–Crippen MR) is 160 cm³/mol. The van der Waals surface area contributed by atoms with E-state index in [9.17, 15) is 18.4 Å². The summed E-state index contributed by atoms with van der Waals surface area (Å²) in [5.41, 5.74) is 4.85. The molecule has 0 aliphatic carbocycles. The Morgan fingerprint density at radius 3 is 2.61 bits per heavy atom. The van der Waals surface area contributed by atoms with Crippen molar-refractivity contribution in [3.05, 3.63) is 111 Å². The standard InChI is InChI=1S/C33H27F2N5O3S/c1-18-38-39-32(43-18)27-23(12-10-19-6-3-2-4-7-19)37-30-24-8-5-15-40(24)33(42)29(30)28(27)25-13-14-26(44-25)31(41)36-17-20-9-11-21(34)22(35)16-20/h2-4,6-7,9,11,13-14,16,24H,5,8,10,12,15,17H2,1H3,(H,36,41). The van der Waals surface area contributed by atoms with Gasteiger partial charge in [0, 0.05) is 30.5 Å². The highest BCUT2D eigenvalue weighted by molar-refractivity contribution is 7.17. The molecule has 1 N–H and O–H groups in total. The third kappa shape index (κ3) is 5.06. The number of carbonyl (C=O) groups excluding carboxylic acids is 2. The van der Waals surface area contributed by atoms with E-state index in [1.54, 1.807) is 13.0 Å². The van der Waals surface area contributed by atoms with E-state index in [-0.39, 0.29) is 30.3 Å². The highest BCUT2D eigenvalue weighted by Gasteiger charge is 2.44. The molecule has 1 atom stereocenters. The number of fused-ring (bicyclic) bond motifs is 3.